The van der Waals surface area contributed by atoms with Crippen LogP contribution in [0.3, 0.4) is 0 Å². The first-order valence-corrected chi connectivity index (χ1v) is 15.0. The van der Waals surface area contributed by atoms with Gasteiger partial charge in [-0.05, 0) is 79.3 Å². The van der Waals surface area contributed by atoms with Gasteiger partial charge in [-0.15, -0.1) is 11.8 Å². The van der Waals surface area contributed by atoms with Crippen LogP contribution in [0.25, 0.3) is 22.3 Å². The monoisotopic (exact) mass is 581 g/mol. The van der Waals surface area contributed by atoms with E-state index in [4.69, 9.17) is 14.2 Å². The molecule has 4 aromatic carbocycles. The van der Waals surface area contributed by atoms with Crippen molar-refractivity contribution in [1.82, 2.24) is 5.32 Å². The van der Waals surface area contributed by atoms with Gasteiger partial charge in [0, 0.05) is 22.6 Å². The van der Waals surface area contributed by atoms with Crippen LogP contribution in [0.1, 0.15) is 38.3 Å². The first-order valence-electron chi connectivity index (χ1n) is 14.0. The number of carbonyl (C=O) groups excluding carboxylic acids is 2. The molecule has 0 radical (unpaired) electrons. The fraction of sp³-hybridized carbons (Fsp3) is 0.257. The van der Waals surface area contributed by atoms with Gasteiger partial charge in [0.25, 0.3) is 0 Å². The number of fused-ring (bicyclic) bond motifs is 2. The maximum absolute atomic E-state index is 12.2. The molecule has 1 unspecified atom stereocenters. The lowest BCUT2D eigenvalue weighted by atomic mass is 9.93. The number of hydrogen-bond acceptors (Lipinski definition) is 6. The van der Waals surface area contributed by atoms with Crippen molar-refractivity contribution in [3.8, 4) is 33.8 Å². The van der Waals surface area contributed by atoms with Crippen LogP contribution in [0.5, 0.6) is 11.5 Å². The van der Waals surface area contributed by atoms with Gasteiger partial charge in [0.05, 0.1) is 7.11 Å². The maximum atomic E-state index is 12.2. The number of esters is 1. The summed E-state index contributed by atoms with van der Waals surface area (Å²) in [5, 5.41) is 2.63. The molecule has 0 bridgehead atoms. The number of benzene rings is 4. The normalized spacial score (nSPS) is 12.8. The maximum Gasteiger partial charge on any atom is 0.408 e. The van der Waals surface area contributed by atoms with E-state index in [-0.39, 0.29) is 0 Å². The molecule has 0 aliphatic carbocycles. The van der Waals surface area contributed by atoms with E-state index in [0.717, 1.165) is 45.1 Å². The first kappa shape index (κ1) is 29.3. The van der Waals surface area contributed by atoms with Gasteiger partial charge in [0.15, 0.2) is 0 Å². The Kier molecular flexibility index (Phi) is 8.88. The van der Waals surface area contributed by atoms with Gasteiger partial charge < -0.3 is 19.5 Å². The lowest BCUT2D eigenvalue weighted by Gasteiger charge is -2.23. The average Bonchev–Trinajstić information content (AvgIpc) is 2.98. The Bertz CT molecular complexity index is 1580. The molecule has 216 valence electrons. The van der Waals surface area contributed by atoms with E-state index >= 15 is 0 Å². The minimum Gasteiger partial charge on any atom is -0.467 e. The molecule has 1 aliphatic heterocycles. The van der Waals surface area contributed by atoms with E-state index < -0.39 is 23.7 Å². The summed E-state index contributed by atoms with van der Waals surface area (Å²) >= 11 is 1.61. The Morgan fingerprint density at radius 3 is 2.36 bits per heavy atom. The molecule has 42 heavy (non-hydrogen) atoms. The zero-order chi connectivity index (χ0) is 29.7. The number of amides is 1. The smallest absolute Gasteiger partial charge is 0.408 e. The number of alkyl carbamates (subject to hydrolysis) is 1. The van der Waals surface area contributed by atoms with Gasteiger partial charge >= 0.3 is 12.1 Å². The fourth-order valence-electron chi connectivity index (χ4n) is 4.88. The van der Waals surface area contributed by atoms with Crippen LogP contribution in [0.15, 0.2) is 95.9 Å². The molecule has 0 fully saturated rings. The molecular formula is C35H35NO5S. The van der Waals surface area contributed by atoms with Gasteiger partial charge in [-0.2, -0.15) is 0 Å². The van der Waals surface area contributed by atoms with Crippen LogP contribution < -0.4 is 10.1 Å². The number of para-hydroxylation sites is 2. The van der Waals surface area contributed by atoms with E-state index in [0.29, 0.717) is 12.2 Å². The largest absolute Gasteiger partial charge is 0.467 e. The lowest BCUT2D eigenvalue weighted by molar-refractivity contribution is -0.143. The Labute approximate surface area is 251 Å². The zero-order valence-corrected chi connectivity index (χ0v) is 25.1. The summed E-state index contributed by atoms with van der Waals surface area (Å²) in [6.07, 6.45) is 0.631. The Morgan fingerprint density at radius 2 is 1.60 bits per heavy atom. The van der Waals surface area contributed by atoms with Crippen LogP contribution in [0, 0.1) is 0 Å². The number of methoxy groups -OCH3 is 1. The summed E-state index contributed by atoms with van der Waals surface area (Å²) in [6, 6.07) is 30.6. The summed E-state index contributed by atoms with van der Waals surface area (Å²) in [7, 11) is 1.31. The van der Waals surface area contributed by atoms with Gasteiger partial charge in [-0.25, -0.2) is 9.59 Å². The van der Waals surface area contributed by atoms with Gasteiger partial charge in [0.1, 0.15) is 23.1 Å². The Balaban J connectivity index is 1.25. The molecule has 1 amide bonds. The van der Waals surface area contributed by atoms with Gasteiger partial charge in [-0.3, -0.25) is 0 Å². The predicted octanol–water partition coefficient (Wildman–Crippen LogP) is 8.27. The number of thioether (sulfide) groups is 1. The molecule has 1 atom stereocenters. The van der Waals surface area contributed by atoms with E-state index in [9.17, 15) is 9.59 Å². The average molecular weight is 582 g/mol. The second-order valence-electron chi connectivity index (χ2n) is 11.1. The third-order valence-corrected chi connectivity index (χ3v) is 7.92. The van der Waals surface area contributed by atoms with E-state index in [1.165, 1.54) is 18.2 Å². The second kappa shape index (κ2) is 12.7. The van der Waals surface area contributed by atoms with Gasteiger partial charge in [0.2, 0.25) is 0 Å². The summed E-state index contributed by atoms with van der Waals surface area (Å²) in [4.78, 5) is 25.5. The fourth-order valence-corrected chi connectivity index (χ4v) is 5.80. The summed E-state index contributed by atoms with van der Waals surface area (Å²) in [5.41, 5.74) is 6.15. The van der Waals surface area contributed by atoms with Crippen LogP contribution >= 0.6 is 11.8 Å². The molecule has 5 rings (SSSR count). The summed E-state index contributed by atoms with van der Waals surface area (Å²) in [6.45, 7) is 5.33. The Morgan fingerprint density at radius 1 is 0.881 bits per heavy atom. The quantitative estimate of drug-likeness (QED) is 0.147. The number of hydrogen-bond donors (Lipinski definition) is 1. The van der Waals surface area contributed by atoms with Crippen LogP contribution in [-0.2, 0) is 20.7 Å². The van der Waals surface area contributed by atoms with Crippen molar-refractivity contribution >= 4 is 23.8 Å². The first-order chi connectivity index (χ1) is 20.2. The van der Waals surface area contributed by atoms with Crippen molar-refractivity contribution in [2.45, 2.75) is 50.2 Å². The minimum absolute atomic E-state index is 0.411. The number of rotatable bonds is 8. The standard InChI is InChI=1S/C35H35NO5S/c1-35(2,3)41-34(38)36-30(33(37)39-4)19-20-42-28-17-15-23(16-18-28)24-10-7-11-25(21-24)29-13-8-12-27-22-26-9-5-6-14-31(26)40-32(27)29/h5-18,21,30H,19-20,22H2,1-4H3,(H,36,38). The highest BCUT2D eigenvalue weighted by Gasteiger charge is 2.25. The van der Waals surface area contributed by atoms with Crippen LogP contribution in [-0.4, -0.2) is 36.6 Å². The highest BCUT2D eigenvalue weighted by molar-refractivity contribution is 7.99. The molecular weight excluding hydrogens is 546 g/mol. The molecule has 1 aliphatic rings. The van der Waals surface area contributed by atoms with Crippen molar-refractivity contribution in [2.24, 2.45) is 0 Å². The summed E-state index contributed by atoms with van der Waals surface area (Å²) < 4.78 is 16.5. The van der Waals surface area contributed by atoms with Crippen LogP contribution in [0.4, 0.5) is 4.79 Å². The highest BCUT2D eigenvalue weighted by Crippen LogP contribution is 2.43. The Hall–Kier alpha value is -4.23. The van der Waals surface area contributed by atoms with Crippen molar-refractivity contribution in [1.29, 1.82) is 0 Å². The molecule has 1 heterocycles. The SMILES string of the molecule is COC(=O)C(CCSc1ccc(-c2cccc(-c3cccc4c3Oc3ccccc3C4)c2)cc1)NC(=O)OC(C)(C)C. The van der Waals surface area contributed by atoms with Gasteiger partial charge in [-0.1, -0.05) is 66.7 Å². The van der Waals surface area contributed by atoms with Crippen molar-refractivity contribution in [3.63, 3.8) is 0 Å². The zero-order valence-electron chi connectivity index (χ0n) is 24.3. The van der Waals surface area contributed by atoms with Crippen molar-refractivity contribution < 1.29 is 23.8 Å². The van der Waals surface area contributed by atoms with E-state index in [1.807, 2.05) is 18.2 Å². The van der Waals surface area contributed by atoms with Crippen molar-refractivity contribution in [2.75, 3.05) is 12.9 Å². The van der Waals surface area contributed by atoms with E-state index in [1.54, 1.807) is 32.5 Å². The second-order valence-corrected chi connectivity index (χ2v) is 12.3. The van der Waals surface area contributed by atoms with E-state index in [2.05, 4.69) is 78.1 Å². The van der Waals surface area contributed by atoms with Crippen molar-refractivity contribution in [3.05, 3.63) is 102 Å². The number of nitrogens with one attached hydrogen (secondary N) is 1. The number of ether oxygens (including phenoxy) is 3. The molecule has 0 saturated heterocycles. The third kappa shape index (κ3) is 7.15. The third-order valence-electron chi connectivity index (χ3n) is 6.88. The molecule has 1 N–H and O–H groups in total. The van der Waals surface area contributed by atoms with Crippen LogP contribution in [0.2, 0.25) is 0 Å². The minimum atomic E-state index is -0.777. The predicted molar refractivity (Wildman–Crippen MR) is 167 cm³/mol. The lowest BCUT2D eigenvalue weighted by Crippen LogP contribution is -2.44. The molecule has 0 spiro atoms. The molecule has 4 aromatic rings. The molecule has 6 nitrogen and oxygen atoms in total. The highest BCUT2D eigenvalue weighted by atomic mass is 32.2. The topological polar surface area (TPSA) is 73.9 Å². The summed E-state index contributed by atoms with van der Waals surface area (Å²) in [5.74, 6) is 1.96. The number of carbonyl (C=O) groups is 2. The molecule has 7 heteroatoms. The molecule has 0 aromatic heterocycles. The molecule has 0 saturated carbocycles.